The number of thioether (sulfide) groups is 1. The molecule has 1 aliphatic rings. The van der Waals surface area contributed by atoms with Crippen LogP contribution in [0.4, 0.5) is 0 Å². The van der Waals surface area contributed by atoms with Gasteiger partial charge in [-0.15, -0.1) is 11.8 Å². The Morgan fingerprint density at radius 2 is 2.11 bits per heavy atom. The average molecular weight is 279 g/mol. The zero-order valence-corrected chi connectivity index (χ0v) is 11.9. The number of hydrogen-bond donors (Lipinski definition) is 2. The van der Waals surface area contributed by atoms with Crippen molar-refractivity contribution in [3.63, 3.8) is 0 Å². The van der Waals surface area contributed by atoms with Crippen LogP contribution >= 0.6 is 11.8 Å². The van der Waals surface area contributed by atoms with Gasteiger partial charge in [-0.25, -0.2) is 0 Å². The Hall–Kier alpha value is -1.00. The number of carbonyl (C=O) groups excluding carboxylic acids is 1. The monoisotopic (exact) mass is 279 g/mol. The van der Waals surface area contributed by atoms with Crippen LogP contribution in [0.5, 0.6) is 0 Å². The molecule has 0 spiro atoms. The summed E-state index contributed by atoms with van der Waals surface area (Å²) in [5.74, 6) is 1.43. The van der Waals surface area contributed by atoms with E-state index in [-0.39, 0.29) is 18.1 Å². The molecular formula is C15H21NO2S. The Balaban J connectivity index is 1.64. The van der Waals surface area contributed by atoms with Gasteiger partial charge in [-0.05, 0) is 31.2 Å². The molecule has 1 saturated carbocycles. The van der Waals surface area contributed by atoms with Crippen LogP contribution in [0.15, 0.2) is 30.3 Å². The number of aliphatic hydroxyl groups is 1. The van der Waals surface area contributed by atoms with E-state index in [4.69, 9.17) is 0 Å². The maximum atomic E-state index is 11.8. The van der Waals surface area contributed by atoms with Gasteiger partial charge in [0.05, 0.1) is 11.9 Å². The van der Waals surface area contributed by atoms with Crippen molar-refractivity contribution in [3.05, 3.63) is 35.9 Å². The number of amides is 1. The Morgan fingerprint density at radius 3 is 2.84 bits per heavy atom. The van der Waals surface area contributed by atoms with Gasteiger partial charge in [0.1, 0.15) is 0 Å². The van der Waals surface area contributed by atoms with E-state index >= 15 is 0 Å². The Morgan fingerprint density at radius 1 is 1.32 bits per heavy atom. The van der Waals surface area contributed by atoms with Crippen LogP contribution in [-0.4, -0.2) is 28.9 Å². The fraction of sp³-hybridized carbons (Fsp3) is 0.533. The molecule has 1 aromatic rings. The van der Waals surface area contributed by atoms with Gasteiger partial charge in [-0.1, -0.05) is 30.3 Å². The summed E-state index contributed by atoms with van der Waals surface area (Å²) in [6.45, 7) is 0. The molecule has 19 heavy (non-hydrogen) atoms. The van der Waals surface area contributed by atoms with Gasteiger partial charge in [-0.3, -0.25) is 4.79 Å². The zero-order valence-electron chi connectivity index (χ0n) is 11.0. The van der Waals surface area contributed by atoms with Crippen LogP contribution in [0.3, 0.4) is 0 Å². The van der Waals surface area contributed by atoms with E-state index in [0.29, 0.717) is 12.2 Å². The lowest BCUT2D eigenvalue weighted by Gasteiger charge is -2.26. The van der Waals surface area contributed by atoms with Gasteiger partial charge in [0, 0.05) is 11.8 Å². The minimum Gasteiger partial charge on any atom is -0.393 e. The van der Waals surface area contributed by atoms with E-state index in [0.717, 1.165) is 25.0 Å². The first-order valence-electron chi connectivity index (χ1n) is 6.83. The van der Waals surface area contributed by atoms with Gasteiger partial charge in [0.25, 0.3) is 0 Å². The third kappa shape index (κ3) is 5.25. The van der Waals surface area contributed by atoms with Crippen molar-refractivity contribution in [2.75, 3.05) is 5.75 Å². The van der Waals surface area contributed by atoms with Crippen LogP contribution < -0.4 is 5.32 Å². The molecule has 0 saturated heterocycles. The van der Waals surface area contributed by atoms with E-state index in [1.807, 2.05) is 18.2 Å². The largest absolute Gasteiger partial charge is 0.393 e. The Labute approximate surface area is 118 Å². The van der Waals surface area contributed by atoms with Crippen molar-refractivity contribution in [3.8, 4) is 0 Å². The van der Waals surface area contributed by atoms with Crippen molar-refractivity contribution in [1.82, 2.24) is 5.32 Å². The molecule has 3 nitrogen and oxygen atoms in total. The maximum Gasteiger partial charge on any atom is 0.230 e. The summed E-state index contributed by atoms with van der Waals surface area (Å²) in [7, 11) is 0. The number of aliphatic hydroxyl groups excluding tert-OH is 1. The van der Waals surface area contributed by atoms with E-state index in [1.54, 1.807) is 11.8 Å². The third-order valence-electron chi connectivity index (χ3n) is 3.36. The molecule has 2 atom stereocenters. The third-order valence-corrected chi connectivity index (χ3v) is 4.36. The Bertz CT molecular complexity index is 396. The SMILES string of the molecule is O=C(CSCc1ccccc1)NC1CCCC(O)C1. The quantitative estimate of drug-likeness (QED) is 0.870. The lowest BCUT2D eigenvalue weighted by atomic mass is 9.93. The molecule has 4 heteroatoms. The molecular weight excluding hydrogens is 258 g/mol. The predicted octanol–water partition coefficient (Wildman–Crippen LogP) is 2.34. The molecule has 1 amide bonds. The van der Waals surface area contributed by atoms with Crippen LogP contribution in [0.25, 0.3) is 0 Å². The van der Waals surface area contributed by atoms with Gasteiger partial charge in [-0.2, -0.15) is 0 Å². The van der Waals surface area contributed by atoms with Crippen LogP contribution in [0, 0.1) is 0 Å². The summed E-state index contributed by atoms with van der Waals surface area (Å²) >= 11 is 1.63. The highest BCUT2D eigenvalue weighted by Crippen LogP contribution is 2.18. The van der Waals surface area contributed by atoms with Crippen LogP contribution in [0.1, 0.15) is 31.2 Å². The van der Waals surface area contributed by atoms with Gasteiger partial charge >= 0.3 is 0 Å². The highest BCUT2D eigenvalue weighted by molar-refractivity contribution is 7.99. The lowest BCUT2D eigenvalue weighted by molar-refractivity contribution is -0.119. The standard InChI is InChI=1S/C15H21NO2S/c17-14-8-4-7-13(9-14)16-15(18)11-19-10-12-5-2-1-3-6-12/h1-3,5-6,13-14,17H,4,7-11H2,(H,16,18). The Kier molecular flexibility index (Phi) is 5.73. The summed E-state index contributed by atoms with van der Waals surface area (Å²) in [4.78, 5) is 11.8. The summed E-state index contributed by atoms with van der Waals surface area (Å²) in [6.07, 6.45) is 3.33. The van der Waals surface area contributed by atoms with E-state index in [1.165, 1.54) is 5.56 Å². The second-order valence-electron chi connectivity index (χ2n) is 5.06. The molecule has 0 bridgehead atoms. The van der Waals surface area contributed by atoms with E-state index in [2.05, 4.69) is 17.4 Å². The number of rotatable bonds is 5. The molecule has 2 N–H and O–H groups in total. The fourth-order valence-corrected chi connectivity index (χ4v) is 3.20. The normalized spacial score (nSPS) is 23.0. The first-order chi connectivity index (χ1) is 9.24. The van der Waals surface area contributed by atoms with Crippen molar-refractivity contribution in [1.29, 1.82) is 0 Å². The average Bonchev–Trinajstić information content (AvgIpc) is 2.40. The maximum absolute atomic E-state index is 11.8. The minimum absolute atomic E-state index is 0.0834. The fourth-order valence-electron chi connectivity index (χ4n) is 2.40. The van der Waals surface area contributed by atoms with Crippen molar-refractivity contribution >= 4 is 17.7 Å². The molecule has 1 fully saturated rings. The molecule has 0 heterocycles. The molecule has 1 aromatic carbocycles. The second kappa shape index (κ2) is 7.56. The molecule has 104 valence electrons. The van der Waals surface area contributed by atoms with Crippen molar-refractivity contribution in [2.45, 2.75) is 43.6 Å². The number of hydrogen-bond acceptors (Lipinski definition) is 3. The molecule has 2 rings (SSSR count). The van der Waals surface area contributed by atoms with Crippen LogP contribution in [0.2, 0.25) is 0 Å². The minimum atomic E-state index is -0.240. The van der Waals surface area contributed by atoms with Gasteiger partial charge < -0.3 is 10.4 Å². The highest BCUT2D eigenvalue weighted by atomic mass is 32.2. The van der Waals surface area contributed by atoms with E-state index in [9.17, 15) is 9.90 Å². The van der Waals surface area contributed by atoms with Gasteiger partial charge in [0.2, 0.25) is 5.91 Å². The van der Waals surface area contributed by atoms with E-state index < -0.39 is 0 Å². The smallest absolute Gasteiger partial charge is 0.230 e. The summed E-state index contributed by atoms with van der Waals surface area (Å²) in [5, 5.41) is 12.6. The lowest BCUT2D eigenvalue weighted by Crippen LogP contribution is -2.40. The summed E-state index contributed by atoms with van der Waals surface area (Å²) < 4.78 is 0. The van der Waals surface area contributed by atoms with Crippen LogP contribution in [-0.2, 0) is 10.5 Å². The second-order valence-corrected chi connectivity index (χ2v) is 6.05. The number of nitrogens with one attached hydrogen (secondary N) is 1. The number of carbonyl (C=O) groups is 1. The highest BCUT2D eigenvalue weighted by Gasteiger charge is 2.21. The summed E-state index contributed by atoms with van der Waals surface area (Å²) in [5.41, 5.74) is 1.24. The first kappa shape index (κ1) is 14.4. The summed E-state index contributed by atoms with van der Waals surface area (Å²) in [6, 6.07) is 10.3. The van der Waals surface area contributed by atoms with Crippen molar-refractivity contribution < 1.29 is 9.90 Å². The molecule has 2 unspecified atom stereocenters. The number of benzene rings is 1. The topological polar surface area (TPSA) is 49.3 Å². The van der Waals surface area contributed by atoms with Crippen molar-refractivity contribution in [2.24, 2.45) is 0 Å². The molecule has 0 aliphatic heterocycles. The predicted molar refractivity (Wildman–Crippen MR) is 79.0 cm³/mol. The first-order valence-corrected chi connectivity index (χ1v) is 7.98. The zero-order chi connectivity index (χ0) is 13.5. The molecule has 0 aromatic heterocycles. The van der Waals surface area contributed by atoms with Gasteiger partial charge in [0.15, 0.2) is 0 Å². The molecule has 1 aliphatic carbocycles. The molecule has 0 radical (unpaired) electrons.